The van der Waals surface area contributed by atoms with Crippen LogP contribution in [0.2, 0.25) is 0 Å². The van der Waals surface area contributed by atoms with Gasteiger partial charge in [0.05, 0.1) is 12.2 Å². The van der Waals surface area contributed by atoms with Crippen LogP contribution in [-0.4, -0.2) is 29.7 Å². The van der Waals surface area contributed by atoms with Gasteiger partial charge in [0.1, 0.15) is 0 Å². The van der Waals surface area contributed by atoms with Crippen LogP contribution in [0.25, 0.3) is 0 Å². The highest BCUT2D eigenvalue weighted by Gasteiger charge is 2.31. The molecule has 0 bridgehead atoms. The van der Waals surface area contributed by atoms with Gasteiger partial charge in [-0.2, -0.15) is 0 Å². The summed E-state index contributed by atoms with van der Waals surface area (Å²) in [5.41, 5.74) is 1.60. The Morgan fingerprint density at radius 1 is 1.25 bits per heavy atom. The van der Waals surface area contributed by atoms with Crippen molar-refractivity contribution in [2.24, 2.45) is 5.41 Å². The Labute approximate surface area is 122 Å². The quantitative estimate of drug-likeness (QED) is 0.832. The van der Waals surface area contributed by atoms with E-state index in [-0.39, 0.29) is 0 Å². The number of hydrogen-bond donors (Lipinski definition) is 1. The van der Waals surface area contributed by atoms with Crippen LogP contribution in [0.15, 0.2) is 10.6 Å². The van der Waals surface area contributed by atoms with Gasteiger partial charge in [0.15, 0.2) is 5.76 Å². The highest BCUT2D eigenvalue weighted by atomic mass is 16.5. The smallest absolute Gasteiger partial charge is 0.151 e. The molecule has 0 atom stereocenters. The van der Waals surface area contributed by atoms with Crippen LogP contribution in [0.1, 0.15) is 57.9 Å². The molecule has 2 rings (SSSR count). The molecule has 20 heavy (non-hydrogen) atoms. The minimum absolute atomic E-state index is 0.591. The second-order valence-corrected chi connectivity index (χ2v) is 6.05. The van der Waals surface area contributed by atoms with Gasteiger partial charge in [0, 0.05) is 12.6 Å². The zero-order valence-electron chi connectivity index (χ0n) is 13.2. The molecule has 1 saturated heterocycles. The van der Waals surface area contributed by atoms with Crippen molar-refractivity contribution in [3.63, 3.8) is 0 Å². The minimum atomic E-state index is 0.591. The molecule has 1 aliphatic rings. The van der Waals surface area contributed by atoms with E-state index in [9.17, 15) is 0 Å². The molecule has 4 heteroatoms. The largest absolute Gasteiger partial charge is 0.360 e. The van der Waals surface area contributed by atoms with E-state index in [1.165, 1.54) is 38.8 Å². The SMILES string of the molecule is CCNCc1cc(CN2CCC(CC)(CC)CC2)on1. The zero-order chi connectivity index (χ0) is 14.4. The lowest BCUT2D eigenvalue weighted by atomic mass is 9.74. The molecule has 4 nitrogen and oxygen atoms in total. The highest BCUT2D eigenvalue weighted by Crippen LogP contribution is 2.38. The first-order chi connectivity index (χ1) is 9.71. The molecule has 0 spiro atoms. The van der Waals surface area contributed by atoms with Crippen molar-refractivity contribution in [2.75, 3.05) is 19.6 Å². The van der Waals surface area contributed by atoms with E-state index in [0.717, 1.165) is 31.1 Å². The average Bonchev–Trinajstić information content (AvgIpc) is 2.94. The van der Waals surface area contributed by atoms with E-state index in [2.05, 4.69) is 42.2 Å². The van der Waals surface area contributed by atoms with Crippen molar-refractivity contribution in [1.82, 2.24) is 15.4 Å². The summed E-state index contributed by atoms with van der Waals surface area (Å²) >= 11 is 0. The summed E-state index contributed by atoms with van der Waals surface area (Å²) in [4.78, 5) is 2.50. The zero-order valence-corrected chi connectivity index (χ0v) is 13.2. The number of nitrogens with one attached hydrogen (secondary N) is 1. The first-order valence-corrected chi connectivity index (χ1v) is 8.09. The summed E-state index contributed by atoms with van der Waals surface area (Å²) in [5, 5.41) is 7.39. The monoisotopic (exact) mass is 279 g/mol. The predicted molar refractivity (Wildman–Crippen MR) is 81.4 cm³/mol. The second kappa shape index (κ2) is 7.23. The van der Waals surface area contributed by atoms with Crippen molar-refractivity contribution in [3.8, 4) is 0 Å². The molecule has 0 saturated carbocycles. The van der Waals surface area contributed by atoms with Crippen LogP contribution < -0.4 is 5.32 Å². The minimum Gasteiger partial charge on any atom is -0.360 e. The number of rotatable bonds is 7. The van der Waals surface area contributed by atoms with E-state index in [0.29, 0.717) is 5.41 Å². The summed E-state index contributed by atoms with van der Waals surface area (Å²) in [6.45, 7) is 11.8. The summed E-state index contributed by atoms with van der Waals surface area (Å²) in [5.74, 6) is 0.999. The lowest BCUT2D eigenvalue weighted by Gasteiger charge is -2.40. The molecule has 1 fully saturated rings. The molecule has 114 valence electrons. The number of aromatic nitrogens is 1. The van der Waals surface area contributed by atoms with Gasteiger partial charge in [0.25, 0.3) is 0 Å². The first-order valence-electron chi connectivity index (χ1n) is 8.09. The molecule has 2 heterocycles. The summed E-state index contributed by atoms with van der Waals surface area (Å²) in [6, 6.07) is 2.09. The Bertz CT molecular complexity index is 388. The predicted octanol–water partition coefficient (Wildman–Crippen LogP) is 3.19. The third kappa shape index (κ3) is 3.83. The lowest BCUT2D eigenvalue weighted by molar-refractivity contribution is 0.0847. The molecule has 1 aromatic heterocycles. The van der Waals surface area contributed by atoms with Crippen molar-refractivity contribution in [2.45, 2.75) is 59.5 Å². The van der Waals surface area contributed by atoms with Gasteiger partial charge >= 0.3 is 0 Å². The Morgan fingerprint density at radius 3 is 2.55 bits per heavy atom. The standard InChI is InChI=1S/C16H29N3O/c1-4-16(5-2)7-9-19(10-8-16)13-15-11-14(18-20-15)12-17-6-3/h11,17H,4-10,12-13H2,1-3H3. The third-order valence-electron chi connectivity index (χ3n) is 4.96. The summed E-state index contributed by atoms with van der Waals surface area (Å²) in [6.07, 6.45) is 5.26. The van der Waals surface area contributed by atoms with Crippen LogP contribution >= 0.6 is 0 Å². The fourth-order valence-electron chi connectivity index (χ4n) is 3.13. The molecule has 1 aliphatic heterocycles. The number of piperidine rings is 1. The van der Waals surface area contributed by atoms with Gasteiger partial charge in [-0.05, 0) is 37.9 Å². The molecular weight excluding hydrogens is 250 g/mol. The van der Waals surface area contributed by atoms with Gasteiger partial charge in [-0.3, -0.25) is 4.90 Å². The van der Waals surface area contributed by atoms with E-state index in [4.69, 9.17) is 4.52 Å². The summed E-state index contributed by atoms with van der Waals surface area (Å²) in [7, 11) is 0. The van der Waals surface area contributed by atoms with E-state index in [1.807, 2.05) is 0 Å². The van der Waals surface area contributed by atoms with Gasteiger partial charge in [-0.25, -0.2) is 0 Å². The van der Waals surface area contributed by atoms with E-state index >= 15 is 0 Å². The van der Waals surface area contributed by atoms with Gasteiger partial charge in [0.2, 0.25) is 0 Å². The van der Waals surface area contributed by atoms with Crippen LogP contribution in [0.5, 0.6) is 0 Å². The number of nitrogens with zero attached hydrogens (tertiary/aromatic N) is 2. The van der Waals surface area contributed by atoms with Crippen molar-refractivity contribution in [1.29, 1.82) is 0 Å². The molecule has 0 aromatic carbocycles. The maximum atomic E-state index is 5.44. The molecule has 0 amide bonds. The fourth-order valence-corrected chi connectivity index (χ4v) is 3.13. The van der Waals surface area contributed by atoms with Crippen LogP contribution in [-0.2, 0) is 13.1 Å². The van der Waals surface area contributed by atoms with Crippen molar-refractivity contribution >= 4 is 0 Å². The maximum absolute atomic E-state index is 5.44. The number of hydrogen-bond acceptors (Lipinski definition) is 4. The van der Waals surface area contributed by atoms with Crippen molar-refractivity contribution in [3.05, 3.63) is 17.5 Å². The Balaban J connectivity index is 1.82. The summed E-state index contributed by atoms with van der Waals surface area (Å²) < 4.78 is 5.44. The average molecular weight is 279 g/mol. The molecular formula is C16H29N3O. The van der Waals surface area contributed by atoms with Crippen molar-refractivity contribution < 1.29 is 4.52 Å². The van der Waals surface area contributed by atoms with Gasteiger partial charge in [-0.1, -0.05) is 38.8 Å². The first kappa shape index (κ1) is 15.5. The topological polar surface area (TPSA) is 41.3 Å². The van der Waals surface area contributed by atoms with Gasteiger partial charge < -0.3 is 9.84 Å². The van der Waals surface area contributed by atoms with Gasteiger partial charge in [-0.15, -0.1) is 0 Å². The van der Waals surface area contributed by atoms with E-state index in [1.54, 1.807) is 0 Å². The molecule has 0 aliphatic carbocycles. The van der Waals surface area contributed by atoms with E-state index < -0.39 is 0 Å². The molecule has 0 radical (unpaired) electrons. The Hall–Kier alpha value is -0.870. The fraction of sp³-hybridized carbons (Fsp3) is 0.812. The third-order valence-corrected chi connectivity index (χ3v) is 4.96. The molecule has 1 N–H and O–H groups in total. The Kier molecular flexibility index (Phi) is 5.61. The van der Waals surface area contributed by atoms with Crippen LogP contribution in [0, 0.1) is 5.41 Å². The van der Waals surface area contributed by atoms with Crippen LogP contribution in [0.4, 0.5) is 0 Å². The normalized spacial score (nSPS) is 19.4. The molecule has 0 unspecified atom stereocenters. The molecule has 1 aromatic rings. The lowest BCUT2D eigenvalue weighted by Crippen LogP contribution is -2.39. The second-order valence-electron chi connectivity index (χ2n) is 6.05. The maximum Gasteiger partial charge on any atom is 0.151 e. The Morgan fingerprint density at radius 2 is 1.95 bits per heavy atom. The number of likely N-dealkylation sites (tertiary alicyclic amines) is 1. The van der Waals surface area contributed by atoms with Crippen LogP contribution in [0.3, 0.4) is 0 Å². The highest BCUT2D eigenvalue weighted by molar-refractivity contribution is 5.05.